The van der Waals surface area contributed by atoms with Crippen LogP contribution in [0.5, 0.6) is 0 Å². The molecule has 3 saturated carbocycles. The molecular weight excluding hydrogens is 1090 g/mol. The zero-order chi connectivity index (χ0) is 56.8. The molecule has 9 rings (SSSR count). The van der Waals surface area contributed by atoms with Crippen LogP contribution in [0.3, 0.4) is 0 Å². The maximum absolute atomic E-state index is 13.0. The predicted molar refractivity (Wildman–Crippen MR) is 255 cm³/mol. The number of ketones is 1. The quantitative estimate of drug-likeness (QED) is 0.0333. The van der Waals surface area contributed by atoms with E-state index in [2.05, 4.69) is 19.9 Å². The molecule has 0 radical (unpaired) electrons. The van der Waals surface area contributed by atoms with Gasteiger partial charge in [-0.1, -0.05) is 25.5 Å². The van der Waals surface area contributed by atoms with Gasteiger partial charge in [-0.05, 0) is 101 Å². The van der Waals surface area contributed by atoms with E-state index in [-0.39, 0.29) is 71.4 Å². The molecule has 0 unspecified atom stereocenters. The van der Waals surface area contributed by atoms with Crippen molar-refractivity contribution in [1.82, 2.24) is 0 Å². The number of carbonyl (C=O) groups is 1. The standard InChI is InChI=1S/C50H80O27S.Na/c1-17(52)23-7-8-24-22-14-27(26-13-21(77-78(64,65)66)9-11-50(26,6)25(22)10-12-49(23,24)5)71-46-40(63)41(32(55)20(4)70-46)74-47-42(75-44-38(61)35(58)30(53)18(2)68-44)34(57)29(16-67-47)73-48-43(37(60)33(56)28(15-51)72-48)76-45-39(62)36(59)31(54)19(3)69-45;/h10,18-24,26-48,51,53-63H,7-9,11-16H2,1-6H3,(H,64,65,66);/q;+1/p-1/t18-,19-,20-,21+,22+,23-,24+,26-,27+,28-,29-,30-,31+,32-,33+,34+,35+,36+,37+,38-,39-,40-,41+,42-,43-,44+,45+,46+,47+,48+,49-,50-;/m1./s1. The van der Waals surface area contributed by atoms with E-state index in [9.17, 15) is 79.0 Å². The van der Waals surface area contributed by atoms with Crippen molar-refractivity contribution in [3.63, 3.8) is 0 Å². The summed E-state index contributed by atoms with van der Waals surface area (Å²) in [6, 6.07) is 0. The van der Waals surface area contributed by atoms with Gasteiger partial charge in [0.2, 0.25) is 10.4 Å². The normalized spacial score (nSPS) is 53.2. The van der Waals surface area contributed by atoms with Gasteiger partial charge in [0.1, 0.15) is 103 Å². The molecular formula is C50H79NaO27S. The molecule has 0 aromatic heterocycles. The van der Waals surface area contributed by atoms with Crippen LogP contribution in [0.1, 0.15) is 86.5 Å². The van der Waals surface area contributed by atoms with Crippen molar-refractivity contribution in [3.05, 3.63) is 11.6 Å². The minimum atomic E-state index is -5.10. The van der Waals surface area contributed by atoms with Gasteiger partial charge in [0, 0.05) is 5.92 Å². The molecule has 5 saturated heterocycles. The summed E-state index contributed by atoms with van der Waals surface area (Å²) < 4.78 is 101. The number of hydrogen-bond donors (Lipinski definition) is 12. The van der Waals surface area contributed by atoms with Crippen molar-refractivity contribution < 1.29 is 160 Å². The Morgan fingerprint density at radius 2 is 1.16 bits per heavy atom. The van der Waals surface area contributed by atoms with Crippen molar-refractivity contribution >= 4 is 16.2 Å². The zero-order valence-corrected chi connectivity index (χ0v) is 48.0. The van der Waals surface area contributed by atoms with E-state index in [1.54, 1.807) is 6.92 Å². The maximum Gasteiger partial charge on any atom is 1.00 e. The second-order valence-electron chi connectivity index (χ2n) is 23.6. The molecule has 32 atom stereocenters. The summed E-state index contributed by atoms with van der Waals surface area (Å²) in [4.78, 5) is 13.0. The minimum absolute atomic E-state index is 0. The van der Waals surface area contributed by atoms with Gasteiger partial charge in [-0.3, -0.25) is 8.98 Å². The SMILES string of the molecule is CC(=O)[C@H]1CC[C@H]2[C@@H]3C[C@H](O[C@@H]4O[C@H](C)[C@@H](O)[C@H](O[C@@H]5OC[C@@H](O[C@@H]6O[C@H](CO)[C@H](O)[C@H](O)[C@H]6O[C@@H]6O[C@H](C)[C@H](O)[C@H](O)[C@H]6O)[C@H](O)[C@H]5O[C@@H]5O[C@H](C)[C@@H](O)[C@H](O)[C@H]5O)[C@H]4O)[C@H]4C[C@@H](OS(=O)(=O)[O-])CC[C@]4(C)C3=CC[C@]12C.[Na+]. The molecule has 0 aromatic carbocycles. The Morgan fingerprint density at radius 3 is 1.73 bits per heavy atom. The predicted octanol–water partition coefficient (Wildman–Crippen LogP) is -7.18. The van der Waals surface area contributed by atoms with Crippen molar-refractivity contribution in [2.45, 2.75) is 246 Å². The van der Waals surface area contributed by atoms with Crippen molar-refractivity contribution in [2.75, 3.05) is 13.2 Å². The van der Waals surface area contributed by atoms with Crippen LogP contribution < -0.4 is 29.6 Å². The van der Waals surface area contributed by atoms with Gasteiger partial charge in [0.05, 0.1) is 43.7 Å². The topological polar surface area (TPSA) is 419 Å². The second-order valence-corrected chi connectivity index (χ2v) is 24.6. The zero-order valence-electron chi connectivity index (χ0n) is 45.2. The summed E-state index contributed by atoms with van der Waals surface area (Å²) in [5, 5.41) is 132. The van der Waals surface area contributed by atoms with Gasteiger partial charge in [-0.2, -0.15) is 0 Å². The molecule has 4 aliphatic carbocycles. The Labute approximate surface area is 479 Å². The number of rotatable bonds is 14. The van der Waals surface area contributed by atoms with Crippen LogP contribution in [0.25, 0.3) is 0 Å². The number of aliphatic hydroxyl groups excluding tert-OH is 12. The van der Waals surface area contributed by atoms with Gasteiger partial charge in [0.25, 0.3) is 0 Å². The van der Waals surface area contributed by atoms with Gasteiger partial charge in [0.15, 0.2) is 31.5 Å². The number of fused-ring (bicyclic) bond motifs is 5. The fourth-order valence-corrected chi connectivity index (χ4v) is 14.9. The molecule has 9 aliphatic rings. The molecule has 79 heavy (non-hydrogen) atoms. The summed E-state index contributed by atoms with van der Waals surface area (Å²) in [5.74, 6) is -0.570. The largest absolute Gasteiger partial charge is 1.00 e. The summed E-state index contributed by atoms with van der Waals surface area (Å²) in [6.07, 6.45) is -37.0. The third-order valence-corrected chi connectivity index (χ3v) is 19.3. The van der Waals surface area contributed by atoms with Crippen LogP contribution >= 0.6 is 0 Å². The number of carbonyl (C=O) groups excluding carboxylic acids is 1. The van der Waals surface area contributed by atoms with Crippen molar-refractivity contribution in [2.24, 2.45) is 34.5 Å². The monoisotopic (exact) mass is 1170 g/mol. The first-order valence-corrected chi connectivity index (χ1v) is 28.4. The third kappa shape index (κ3) is 12.4. The maximum atomic E-state index is 13.0. The third-order valence-electron chi connectivity index (χ3n) is 18.8. The minimum Gasteiger partial charge on any atom is -0.726 e. The van der Waals surface area contributed by atoms with Gasteiger partial charge < -0.3 is 113 Å². The Bertz CT molecular complexity index is 2240. The van der Waals surface area contributed by atoms with Crippen molar-refractivity contribution in [1.29, 1.82) is 0 Å². The Hall–Kier alpha value is -0.600. The Morgan fingerprint density at radius 1 is 0.620 bits per heavy atom. The molecule has 29 heteroatoms. The van der Waals surface area contributed by atoms with Gasteiger partial charge >= 0.3 is 29.6 Å². The molecule has 0 amide bonds. The fraction of sp³-hybridized carbons (Fsp3) is 0.940. The van der Waals surface area contributed by atoms with E-state index in [0.29, 0.717) is 25.7 Å². The van der Waals surface area contributed by atoms with E-state index >= 15 is 0 Å². The van der Waals surface area contributed by atoms with Crippen LogP contribution in [0, 0.1) is 34.5 Å². The van der Waals surface area contributed by atoms with Gasteiger partial charge in [-0.25, -0.2) is 8.42 Å². The van der Waals surface area contributed by atoms with Gasteiger partial charge in [-0.15, -0.1) is 0 Å². The molecule has 0 aromatic rings. The van der Waals surface area contributed by atoms with Crippen LogP contribution in [0.2, 0.25) is 0 Å². The molecule has 12 N–H and O–H groups in total. The molecule has 8 fully saturated rings. The number of ether oxygens (including phenoxy) is 10. The molecule has 5 aliphatic heterocycles. The smallest absolute Gasteiger partial charge is 0.726 e. The molecule has 27 nitrogen and oxygen atoms in total. The van der Waals surface area contributed by atoms with E-state index in [0.717, 1.165) is 12.0 Å². The summed E-state index contributed by atoms with van der Waals surface area (Å²) >= 11 is 0. The van der Waals surface area contributed by atoms with E-state index < -0.39 is 195 Å². The number of hydrogen-bond acceptors (Lipinski definition) is 27. The van der Waals surface area contributed by atoms with Crippen LogP contribution in [-0.4, -0.2) is 253 Å². The average Bonchev–Trinajstić information content (AvgIpc) is 3.76. The first-order chi connectivity index (χ1) is 36.6. The van der Waals surface area contributed by atoms with E-state index in [1.165, 1.54) is 20.8 Å². The Balaban J connectivity index is 0.00000822. The van der Waals surface area contributed by atoms with Crippen LogP contribution in [-0.2, 0) is 66.7 Å². The van der Waals surface area contributed by atoms with Crippen molar-refractivity contribution in [3.8, 4) is 0 Å². The first-order valence-electron chi connectivity index (χ1n) is 27.0. The fourth-order valence-electron chi connectivity index (χ4n) is 14.4. The summed E-state index contributed by atoms with van der Waals surface area (Å²) in [7, 11) is -5.10. The summed E-state index contributed by atoms with van der Waals surface area (Å²) in [6.45, 7) is 8.50. The second kappa shape index (κ2) is 25.0. The number of allylic oxidation sites excluding steroid dienone is 2. The van der Waals surface area contributed by atoms with E-state index in [1.807, 2.05) is 0 Å². The summed E-state index contributed by atoms with van der Waals surface area (Å²) in [5.41, 5.74) is 0.201. The molecule has 448 valence electrons. The number of Topliss-reactive ketones (excluding diaryl/α,β-unsaturated/α-hetero) is 1. The van der Waals surface area contributed by atoms with E-state index in [4.69, 9.17) is 51.6 Å². The molecule has 0 spiro atoms. The Kier molecular flexibility index (Phi) is 20.4. The molecule has 5 heterocycles. The van der Waals surface area contributed by atoms with Crippen LogP contribution in [0.4, 0.5) is 0 Å². The first kappa shape index (κ1) is 64.4. The average molecular weight is 1170 g/mol. The number of aliphatic hydroxyl groups is 12. The molecule has 0 bridgehead atoms. The van der Waals surface area contributed by atoms with Crippen LogP contribution in [0.15, 0.2) is 11.6 Å².